The zero-order chi connectivity index (χ0) is 56.9. The maximum absolute atomic E-state index is 12.5. The predicted molar refractivity (Wildman–Crippen MR) is 284 cm³/mol. The molecule has 25 heteroatoms. The molecule has 0 spiro atoms. The van der Waals surface area contributed by atoms with Crippen LogP contribution in [0.2, 0.25) is 0 Å². The lowest BCUT2D eigenvalue weighted by Gasteiger charge is -2.16. The number of ketones is 4. The minimum atomic E-state index is -3.57. The van der Waals surface area contributed by atoms with Gasteiger partial charge in [0.1, 0.15) is 42.4 Å². The first-order valence-electron chi connectivity index (χ1n) is 27.5. The van der Waals surface area contributed by atoms with Crippen molar-refractivity contribution in [2.24, 2.45) is 11.8 Å². The molecule has 77 heavy (non-hydrogen) atoms. The monoisotopic (exact) mass is 1120 g/mol. The molecule has 0 bridgehead atoms. The number of aryl methyl sites for hydroxylation is 1. The van der Waals surface area contributed by atoms with Crippen LogP contribution in [-0.4, -0.2) is 176 Å². The predicted octanol–water partition coefficient (Wildman–Crippen LogP) is 4.27. The van der Waals surface area contributed by atoms with Crippen LogP contribution in [0, 0.1) is 11.8 Å². The molecule has 0 saturated heterocycles. The van der Waals surface area contributed by atoms with E-state index in [1.807, 2.05) is 6.92 Å². The first-order chi connectivity index (χ1) is 36.9. The maximum Gasteiger partial charge on any atom is 0.326 e. The summed E-state index contributed by atoms with van der Waals surface area (Å²) in [6.45, 7) is 4.14. The highest BCUT2D eigenvalue weighted by Crippen LogP contribution is 2.15. The number of sulfone groups is 1. The topological polar surface area (TPSA) is 356 Å². The van der Waals surface area contributed by atoms with E-state index in [1.54, 1.807) is 0 Å². The van der Waals surface area contributed by atoms with Gasteiger partial charge in [-0.1, -0.05) is 76.3 Å². The molecule has 0 aliphatic rings. The number of unbranched alkanes of at least 4 members (excludes halogenated alkanes) is 11. The molecular weight excluding hydrogens is 1030 g/mol. The summed E-state index contributed by atoms with van der Waals surface area (Å²) in [6.07, 6.45) is 14.8. The fraction of sp³-hybridized carbons (Fsp3) is 0.808. The van der Waals surface area contributed by atoms with E-state index in [1.165, 1.54) is 32.6 Å². The molecule has 0 saturated carbocycles. The number of rotatable bonds is 54. The molecule has 0 unspecified atom stereocenters. The molecule has 0 aliphatic carbocycles. The lowest BCUT2D eigenvalue weighted by Crippen LogP contribution is -2.42. The van der Waals surface area contributed by atoms with Crippen molar-refractivity contribution in [2.75, 3.05) is 77.5 Å². The van der Waals surface area contributed by atoms with Gasteiger partial charge in [-0.15, -0.1) is 10.2 Å². The average Bonchev–Trinajstić information content (AvgIpc) is 3.90. The Morgan fingerprint density at radius 2 is 1.16 bits per heavy atom. The summed E-state index contributed by atoms with van der Waals surface area (Å²) < 4.78 is 46.2. The molecule has 0 fully saturated rings. The van der Waals surface area contributed by atoms with Gasteiger partial charge in [0.2, 0.25) is 17.7 Å². The number of aliphatic carboxylic acids is 2. The van der Waals surface area contributed by atoms with E-state index < -0.39 is 70.1 Å². The van der Waals surface area contributed by atoms with Gasteiger partial charge in [-0.05, 0) is 58.3 Å². The number of carbonyl (C=O) groups is 9. The molecule has 0 aromatic carbocycles. The van der Waals surface area contributed by atoms with Crippen LogP contribution in [-0.2, 0) is 78.4 Å². The van der Waals surface area contributed by atoms with Crippen LogP contribution in [0.3, 0.4) is 0 Å². The van der Waals surface area contributed by atoms with Crippen LogP contribution in [0.5, 0.6) is 0 Å². The number of H-pyrrole nitrogens is 1. The van der Waals surface area contributed by atoms with E-state index in [0.717, 1.165) is 57.2 Å². The minimum absolute atomic E-state index is 0. The molecule has 1 aromatic rings. The Kier molecular flexibility index (Phi) is 40.7. The Balaban J connectivity index is 0.0000593. The number of nitrogens with zero attached hydrogens (tertiary/aromatic N) is 3. The summed E-state index contributed by atoms with van der Waals surface area (Å²) in [4.78, 5) is 108. The van der Waals surface area contributed by atoms with Gasteiger partial charge in [0.05, 0.1) is 44.7 Å². The molecule has 3 amide bonds. The summed E-state index contributed by atoms with van der Waals surface area (Å²) >= 11 is 0. The number of tetrazole rings is 1. The smallest absolute Gasteiger partial charge is 0.326 e. The van der Waals surface area contributed by atoms with E-state index in [-0.39, 0.29) is 141 Å². The van der Waals surface area contributed by atoms with Gasteiger partial charge in [0, 0.05) is 72.0 Å². The van der Waals surface area contributed by atoms with E-state index in [9.17, 15) is 61.8 Å². The summed E-state index contributed by atoms with van der Waals surface area (Å²) in [5, 5.41) is 40.6. The van der Waals surface area contributed by atoms with Gasteiger partial charge in [0.15, 0.2) is 21.4 Å². The normalized spacial score (nSPS) is 12.6. The highest BCUT2D eigenvalue weighted by molar-refractivity contribution is 7.92. The second-order valence-corrected chi connectivity index (χ2v) is 21.6. The van der Waals surface area contributed by atoms with Crippen molar-refractivity contribution in [3.8, 4) is 0 Å². The van der Waals surface area contributed by atoms with Gasteiger partial charge in [-0.25, -0.2) is 13.2 Å². The van der Waals surface area contributed by atoms with Crippen LogP contribution in [0.15, 0.2) is 0 Å². The van der Waals surface area contributed by atoms with Gasteiger partial charge in [-0.3, -0.25) is 38.4 Å². The molecule has 0 aliphatic heterocycles. The van der Waals surface area contributed by atoms with Gasteiger partial charge >= 0.3 is 11.9 Å². The minimum Gasteiger partial charge on any atom is -0.481 e. The average molecular weight is 1120 g/mol. The van der Waals surface area contributed by atoms with Gasteiger partial charge in [0.25, 0.3) is 0 Å². The zero-order valence-corrected chi connectivity index (χ0v) is 46.5. The quantitative estimate of drug-likeness (QED) is 0.0496. The molecule has 1 heterocycles. The second-order valence-electron chi connectivity index (χ2n) is 19.4. The Bertz CT molecular complexity index is 1980. The third-order valence-electron chi connectivity index (χ3n) is 12.5. The molecule has 6 N–H and O–H groups in total. The fourth-order valence-corrected chi connectivity index (χ4v) is 9.17. The van der Waals surface area contributed by atoms with Crippen molar-refractivity contribution >= 4 is 62.6 Å². The van der Waals surface area contributed by atoms with Crippen LogP contribution in [0.25, 0.3) is 0 Å². The number of Topliss-reactive ketones (excluding diaryl/α,β-unsaturated/α-hetero) is 4. The van der Waals surface area contributed by atoms with Crippen LogP contribution in [0.1, 0.15) is 175 Å². The van der Waals surface area contributed by atoms with Gasteiger partial charge < -0.3 is 45.1 Å². The number of hydrogen-bond donors (Lipinski definition) is 6. The third-order valence-corrected chi connectivity index (χ3v) is 14.2. The van der Waals surface area contributed by atoms with Crippen LogP contribution >= 0.6 is 0 Å². The van der Waals surface area contributed by atoms with E-state index in [4.69, 9.17) is 18.9 Å². The number of carboxylic acids is 2. The number of amides is 3. The zero-order valence-electron chi connectivity index (χ0n) is 45.7. The van der Waals surface area contributed by atoms with Crippen molar-refractivity contribution in [3.63, 3.8) is 0 Å². The van der Waals surface area contributed by atoms with Gasteiger partial charge in [-0.2, -0.15) is 5.21 Å². The molecular formula is C52H91N7O17S. The number of aromatic nitrogens is 4. The first kappa shape index (κ1) is 69.9. The van der Waals surface area contributed by atoms with Crippen molar-refractivity contribution in [1.82, 2.24) is 36.6 Å². The summed E-state index contributed by atoms with van der Waals surface area (Å²) in [6, 6.07) is -1.37. The highest BCUT2D eigenvalue weighted by atomic mass is 32.2. The van der Waals surface area contributed by atoms with E-state index in [0.29, 0.717) is 32.2 Å². The summed E-state index contributed by atoms with van der Waals surface area (Å²) in [5.74, 6) is -6.14. The highest BCUT2D eigenvalue weighted by Gasteiger charge is 2.25. The lowest BCUT2D eigenvalue weighted by molar-refractivity contribution is -0.145. The number of carbonyl (C=O) groups excluding carboxylic acids is 7. The lowest BCUT2D eigenvalue weighted by atomic mass is 9.97. The van der Waals surface area contributed by atoms with Crippen molar-refractivity contribution < 1.29 is 82.2 Å². The summed E-state index contributed by atoms with van der Waals surface area (Å²) in [7, 11) is -3.57. The third kappa shape index (κ3) is 41.6. The summed E-state index contributed by atoms with van der Waals surface area (Å²) in [5.41, 5.74) is 0. The fourth-order valence-electron chi connectivity index (χ4n) is 7.81. The SMILES string of the molecule is CC(=O)[C@@H](C)CCCCNC(=O)CC[C@H](NC(=O)CC[C@H](CC(=O)COCCOCCNC(=O)COCCOCCCC(=O)CCCS(=O)(=O)CC(=O)CCCCCCCCCCCCCc1nn[nH]n1)C(=O)O)C(=O)O.[HH]. The van der Waals surface area contributed by atoms with E-state index >= 15 is 0 Å². The first-order valence-corrected chi connectivity index (χ1v) is 29.3. The molecule has 1 aromatic heterocycles. The number of carboxylic acid groups (broad SMARTS) is 2. The van der Waals surface area contributed by atoms with Crippen LogP contribution in [0.4, 0.5) is 0 Å². The van der Waals surface area contributed by atoms with Crippen LogP contribution < -0.4 is 16.0 Å². The van der Waals surface area contributed by atoms with Crippen molar-refractivity contribution in [2.45, 2.75) is 180 Å². The molecule has 24 nitrogen and oxygen atoms in total. The van der Waals surface area contributed by atoms with E-state index in [2.05, 4.69) is 36.6 Å². The standard InChI is InChI=1S/C52H89N7O17S.H2/c1-40(41(2)60)18-14-15-27-53-48(64)26-24-46(52(69)70)55-49(65)25-23-42(51(67)68)36-45(63)37-75-33-32-74-30-28-54-50(66)38-76-34-31-73-29-16-20-43(61)21-17-35-77(71,72)39-44(62)19-12-10-8-6-4-3-5-7-9-11-13-22-47-56-58-59-57-47;/h40,42,46H,3-39H2,1-2H3,(H,53,64)(H,54,66)(H,55,65)(H,67,68)(H,69,70)(H,56,57,58,59);1H/t40-,42+,46-;/m0./s1. The van der Waals surface area contributed by atoms with Crippen molar-refractivity contribution in [1.29, 1.82) is 0 Å². The number of ether oxygens (including phenoxy) is 4. The van der Waals surface area contributed by atoms with Crippen molar-refractivity contribution in [3.05, 3.63) is 5.82 Å². The molecule has 442 valence electrons. The molecule has 0 radical (unpaired) electrons. The second kappa shape index (κ2) is 44.8. The maximum atomic E-state index is 12.5. The largest absolute Gasteiger partial charge is 0.481 e. The Morgan fingerprint density at radius 1 is 0.571 bits per heavy atom. The number of hydrogen-bond acceptors (Lipinski definition) is 18. The molecule has 3 atom stereocenters. The Hall–Kier alpha value is -5.11. The Morgan fingerprint density at radius 3 is 1.79 bits per heavy atom. The number of nitrogens with one attached hydrogen (secondary N) is 4. The number of aromatic amines is 1. The Labute approximate surface area is 455 Å². The molecule has 1 rings (SSSR count).